The van der Waals surface area contributed by atoms with E-state index < -0.39 is 10.0 Å². The van der Waals surface area contributed by atoms with Crippen molar-refractivity contribution in [2.24, 2.45) is 7.05 Å². The van der Waals surface area contributed by atoms with Gasteiger partial charge in [0.2, 0.25) is 0 Å². The highest BCUT2D eigenvalue weighted by molar-refractivity contribution is 7.93. The number of nitrogens with one attached hydrogen (secondary N) is 2. The summed E-state index contributed by atoms with van der Waals surface area (Å²) in [6.07, 6.45) is 0. The van der Waals surface area contributed by atoms with Crippen molar-refractivity contribution in [2.45, 2.75) is 25.7 Å². The Bertz CT molecular complexity index is 708. The number of sulfonamides is 1. The van der Waals surface area contributed by atoms with Crippen molar-refractivity contribution in [3.05, 3.63) is 17.1 Å². The lowest BCUT2D eigenvalue weighted by Crippen LogP contribution is -2.16. The maximum Gasteiger partial charge on any atom is 0.267 e. The lowest BCUT2D eigenvalue weighted by atomic mass is 10.3. The van der Waals surface area contributed by atoms with Gasteiger partial charge in [0.1, 0.15) is 0 Å². The molecule has 0 bridgehead atoms. The van der Waals surface area contributed by atoms with Crippen molar-refractivity contribution < 1.29 is 8.42 Å². The zero-order valence-electron chi connectivity index (χ0n) is 11.1. The Balaban J connectivity index is 2.50. The SMILES string of the molecule is Cc1n[nH]c(C)c1NS(=O)(=O)c1c(N)nn(C)c1C. The monoisotopic (exact) mass is 284 g/mol. The first-order chi connectivity index (χ1) is 8.74. The van der Waals surface area contributed by atoms with Crippen LogP contribution in [0.25, 0.3) is 0 Å². The Morgan fingerprint density at radius 2 is 1.95 bits per heavy atom. The fourth-order valence-corrected chi connectivity index (χ4v) is 3.34. The molecule has 2 aromatic rings. The van der Waals surface area contributed by atoms with E-state index >= 15 is 0 Å². The van der Waals surface area contributed by atoms with Gasteiger partial charge in [-0.3, -0.25) is 14.5 Å². The van der Waals surface area contributed by atoms with Gasteiger partial charge in [0.25, 0.3) is 10.0 Å². The van der Waals surface area contributed by atoms with Gasteiger partial charge < -0.3 is 5.73 Å². The number of nitrogens with zero attached hydrogens (tertiary/aromatic N) is 3. The maximum atomic E-state index is 12.4. The van der Waals surface area contributed by atoms with Crippen LogP contribution < -0.4 is 10.5 Å². The average molecular weight is 284 g/mol. The normalized spacial score (nSPS) is 11.8. The molecule has 2 heterocycles. The van der Waals surface area contributed by atoms with Gasteiger partial charge in [-0.2, -0.15) is 10.2 Å². The van der Waals surface area contributed by atoms with E-state index in [9.17, 15) is 8.42 Å². The van der Waals surface area contributed by atoms with Gasteiger partial charge >= 0.3 is 0 Å². The molecule has 0 aliphatic carbocycles. The van der Waals surface area contributed by atoms with Crippen LogP contribution in [-0.2, 0) is 17.1 Å². The summed E-state index contributed by atoms with van der Waals surface area (Å²) in [5.41, 5.74) is 7.78. The number of nitrogens with two attached hydrogens (primary N) is 1. The van der Waals surface area contributed by atoms with Crippen LogP contribution in [0.1, 0.15) is 17.1 Å². The van der Waals surface area contributed by atoms with E-state index in [0.717, 1.165) is 0 Å². The maximum absolute atomic E-state index is 12.4. The highest BCUT2D eigenvalue weighted by Gasteiger charge is 2.26. The third kappa shape index (κ3) is 2.16. The van der Waals surface area contributed by atoms with Crippen LogP contribution in [0.15, 0.2) is 4.90 Å². The van der Waals surface area contributed by atoms with E-state index in [1.54, 1.807) is 27.8 Å². The first-order valence-electron chi connectivity index (χ1n) is 5.57. The molecule has 0 amide bonds. The predicted molar refractivity (Wildman–Crippen MR) is 71.2 cm³/mol. The summed E-state index contributed by atoms with van der Waals surface area (Å²) in [4.78, 5) is -0.00463. The number of anilines is 2. The quantitative estimate of drug-likeness (QED) is 0.756. The largest absolute Gasteiger partial charge is 0.381 e. The van der Waals surface area contributed by atoms with E-state index in [2.05, 4.69) is 20.0 Å². The van der Waals surface area contributed by atoms with Crippen LogP contribution in [0, 0.1) is 20.8 Å². The molecule has 2 aromatic heterocycles. The molecule has 0 saturated heterocycles. The van der Waals surface area contributed by atoms with Gasteiger partial charge in [0, 0.05) is 7.05 Å². The van der Waals surface area contributed by atoms with Crippen molar-refractivity contribution in [3.8, 4) is 0 Å². The van der Waals surface area contributed by atoms with Gasteiger partial charge in [-0.15, -0.1) is 0 Å². The third-order valence-electron chi connectivity index (χ3n) is 2.94. The predicted octanol–water partition coefficient (Wildman–Crippen LogP) is 0.451. The first kappa shape index (κ1) is 13.4. The topological polar surface area (TPSA) is 119 Å². The van der Waals surface area contributed by atoms with Crippen molar-refractivity contribution in [3.63, 3.8) is 0 Å². The average Bonchev–Trinajstić information content (AvgIpc) is 2.73. The Kier molecular flexibility index (Phi) is 3.01. The molecule has 4 N–H and O–H groups in total. The third-order valence-corrected chi connectivity index (χ3v) is 4.45. The van der Waals surface area contributed by atoms with Gasteiger partial charge in [-0.1, -0.05) is 0 Å². The van der Waals surface area contributed by atoms with E-state index in [-0.39, 0.29) is 10.7 Å². The summed E-state index contributed by atoms with van der Waals surface area (Å²) < 4.78 is 28.7. The molecular weight excluding hydrogens is 268 g/mol. The zero-order chi connectivity index (χ0) is 14.4. The Morgan fingerprint density at radius 3 is 2.37 bits per heavy atom. The van der Waals surface area contributed by atoms with Crippen LogP contribution in [0.2, 0.25) is 0 Å². The van der Waals surface area contributed by atoms with Crippen molar-refractivity contribution in [1.29, 1.82) is 0 Å². The zero-order valence-corrected chi connectivity index (χ0v) is 12.0. The van der Waals surface area contributed by atoms with E-state index in [1.807, 2.05) is 0 Å². The lowest BCUT2D eigenvalue weighted by Gasteiger charge is -2.08. The lowest BCUT2D eigenvalue weighted by molar-refractivity contribution is 0.600. The molecule has 19 heavy (non-hydrogen) atoms. The molecule has 0 aromatic carbocycles. The number of hydrogen-bond donors (Lipinski definition) is 3. The number of aryl methyl sites for hydroxylation is 3. The van der Waals surface area contributed by atoms with Crippen LogP contribution >= 0.6 is 0 Å². The summed E-state index contributed by atoms with van der Waals surface area (Å²) >= 11 is 0. The van der Waals surface area contributed by atoms with Crippen molar-refractivity contribution in [1.82, 2.24) is 20.0 Å². The summed E-state index contributed by atoms with van der Waals surface area (Å²) in [7, 11) is -2.15. The summed E-state index contributed by atoms with van der Waals surface area (Å²) in [5, 5.41) is 10.6. The van der Waals surface area contributed by atoms with Crippen LogP contribution in [-0.4, -0.2) is 28.4 Å². The van der Waals surface area contributed by atoms with Gasteiger partial charge in [0.15, 0.2) is 10.7 Å². The van der Waals surface area contributed by atoms with E-state index in [4.69, 9.17) is 5.73 Å². The molecule has 8 nitrogen and oxygen atoms in total. The summed E-state index contributed by atoms with van der Waals surface area (Å²) in [6, 6.07) is 0. The van der Waals surface area contributed by atoms with Crippen molar-refractivity contribution in [2.75, 3.05) is 10.5 Å². The molecule has 0 unspecified atom stereocenters. The number of aromatic nitrogens is 4. The number of hydrogen-bond acceptors (Lipinski definition) is 5. The molecule has 0 aliphatic rings. The minimum atomic E-state index is -3.79. The molecule has 0 spiro atoms. The molecule has 104 valence electrons. The van der Waals surface area contributed by atoms with Crippen LogP contribution in [0.3, 0.4) is 0 Å². The summed E-state index contributed by atoms with van der Waals surface area (Å²) in [6.45, 7) is 5.09. The fourth-order valence-electron chi connectivity index (χ4n) is 1.83. The second kappa shape index (κ2) is 4.26. The molecule has 0 saturated carbocycles. The molecule has 0 aliphatic heterocycles. The van der Waals surface area contributed by atoms with Gasteiger partial charge in [0.05, 0.1) is 22.8 Å². The van der Waals surface area contributed by atoms with Crippen LogP contribution in [0.4, 0.5) is 11.5 Å². The number of nitrogen functional groups attached to an aromatic ring is 1. The smallest absolute Gasteiger partial charge is 0.267 e. The highest BCUT2D eigenvalue weighted by atomic mass is 32.2. The molecule has 0 radical (unpaired) electrons. The van der Waals surface area contributed by atoms with Gasteiger partial charge in [-0.25, -0.2) is 8.42 Å². The second-order valence-electron chi connectivity index (χ2n) is 4.34. The molecule has 0 atom stereocenters. The second-order valence-corrected chi connectivity index (χ2v) is 5.96. The van der Waals surface area contributed by atoms with Gasteiger partial charge in [-0.05, 0) is 20.8 Å². The molecular formula is C10H16N6O2S. The molecule has 0 fully saturated rings. The Hall–Kier alpha value is -2.03. The van der Waals surface area contributed by atoms with E-state index in [1.165, 1.54) is 4.68 Å². The standard InChI is InChI=1S/C10H16N6O2S/c1-5-8(6(2)13-12-5)15-19(17,18)9-7(3)16(4)14-10(9)11/h15H,1-4H3,(H2,11,14)(H,12,13). The Morgan fingerprint density at radius 1 is 1.32 bits per heavy atom. The fraction of sp³-hybridized carbons (Fsp3) is 0.400. The minimum absolute atomic E-state index is 0.00463. The number of H-pyrrole nitrogens is 1. The molecule has 2 rings (SSSR count). The number of aromatic amines is 1. The first-order valence-corrected chi connectivity index (χ1v) is 7.06. The highest BCUT2D eigenvalue weighted by Crippen LogP contribution is 2.26. The Labute approximate surface area is 111 Å². The van der Waals surface area contributed by atoms with E-state index in [0.29, 0.717) is 22.8 Å². The summed E-state index contributed by atoms with van der Waals surface area (Å²) in [5.74, 6) is -0.0219. The van der Waals surface area contributed by atoms with Crippen LogP contribution in [0.5, 0.6) is 0 Å². The molecule has 9 heteroatoms. The minimum Gasteiger partial charge on any atom is -0.381 e. The van der Waals surface area contributed by atoms with Crippen molar-refractivity contribution >= 4 is 21.5 Å². The number of rotatable bonds is 3.